The molecule has 0 amide bonds. The van der Waals surface area contributed by atoms with Gasteiger partial charge in [0.1, 0.15) is 0 Å². The Kier molecular flexibility index (Phi) is 3.47. The Hall–Kier alpha value is -2.77. The van der Waals surface area contributed by atoms with Crippen molar-refractivity contribution in [2.45, 2.75) is 0 Å². The normalized spacial score (nSPS) is 10.3. The first kappa shape index (κ1) is 13.7. The van der Waals surface area contributed by atoms with E-state index < -0.39 is 22.4 Å². The molecular formula is C12H8F3N3O2. The highest BCUT2D eigenvalue weighted by molar-refractivity contribution is 5.74. The predicted octanol–water partition coefficient (Wildman–Crippen LogP) is 3.34. The van der Waals surface area contributed by atoms with Crippen LogP contribution in [0.2, 0.25) is 0 Å². The Morgan fingerprint density at radius 3 is 2.30 bits per heavy atom. The van der Waals surface area contributed by atoms with Gasteiger partial charge in [-0.2, -0.15) is 0 Å². The summed E-state index contributed by atoms with van der Waals surface area (Å²) in [6.07, 6.45) is 0. The molecule has 0 spiro atoms. The highest BCUT2D eigenvalue weighted by Gasteiger charge is 2.15. The van der Waals surface area contributed by atoms with Crippen LogP contribution in [0.15, 0.2) is 30.3 Å². The molecule has 0 bridgehead atoms. The average molecular weight is 283 g/mol. The zero-order chi connectivity index (χ0) is 14.9. The summed E-state index contributed by atoms with van der Waals surface area (Å²) in [6.45, 7) is 0. The molecule has 0 atom stereocenters. The van der Waals surface area contributed by atoms with E-state index in [9.17, 15) is 23.3 Å². The third-order valence-corrected chi connectivity index (χ3v) is 2.55. The van der Waals surface area contributed by atoms with Crippen LogP contribution in [0.5, 0.6) is 0 Å². The molecule has 0 aliphatic rings. The number of nitro groups is 1. The maximum atomic E-state index is 13.5. The number of nitrogen functional groups attached to an aromatic ring is 1. The molecule has 2 aromatic carbocycles. The second-order valence-corrected chi connectivity index (χ2v) is 3.88. The standard InChI is InChI=1S/C12H8F3N3O2/c13-7-2-4-10(12(15)11(7)14)17-9-3-1-6(18(19)20)5-8(9)16/h1-5,17H,16H2. The molecule has 0 fully saturated rings. The molecule has 0 radical (unpaired) electrons. The maximum Gasteiger partial charge on any atom is 0.271 e. The summed E-state index contributed by atoms with van der Waals surface area (Å²) in [5, 5.41) is 13.0. The number of nitrogens with one attached hydrogen (secondary N) is 1. The summed E-state index contributed by atoms with van der Waals surface area (Å²) in [5.41, 5.74) is 5.12. The average Bonchev–Trinajstić information content (AvgIpc) is 2.41. The van der Waals surface area contributed by atoms with Crippen molar-refractivity contribution in [3.63, 3.8) is 0 Å². The lowest BCUT2D eigenvalue weighted by Gasteiger charge is -2.10. The second-order valence-electron chi connectivity index (χ2n) is 3.88. The van der Waals surface area contributed by atoms with E-state index in [1.807, 2.05) is 0 Å². The monoisotopic (exact) mass is 283 g/mol. The highest BCUT2D eigenvalue weighted by Crippen LogP contribution is 2.29. The van der Waals surface area contributed by atoms with Gasteiger partial charge < -0.3 is 11.1 Å². The van der Waals surface area contributed by atoms with Crippen molar-refractivity contribution in [3.8, 4) is 0 Å². The molecular weight excluding hydrogens is 275 g/mol. The van der Waals surface area contributed by atoms with Crippen LogP contribution in [0.4, 0.5) is 35.9 Å². The first-order valence-electron chi connectivity index (χ1n) is 5.34. The quantitative estimate of drug-likeness (QED) is 0.392. The molecule has 0 saturated heterocycles. The summed E-state index contributed by atoms with van der Waals surface area (Å²) >= 11 is 0. The van der Waals surface area contributed by atoms with Gasteiger partial charge in [-0.25, -0.2) is 13.2 Å². The Labute approximate surface area is 111 Å². The summed E-state index contributed by atoms with van der Waals surface area (Å²) < 4.78 is 39.3. The summed E-state index contributed by atoms with van der Waals surface area (Å²) in [5.74, 6) is -4.33. The molecule has 104 valence electrons. The molecule has 2 aromatic rings. The number of non-ortho nitro benzene ring substituents is 1. The number of rotatable bonds is 3. The first-order valence-corrected chi connectivity index (χ1v) is 5.34. The van der Waals surface area contributed by atoms with Crippen molar-refractivity contribution in [1.29, 1.82) is 0 Å². The van der Waals surface area contributed by atoms with Gasteiger partial charge in [0, 0.05) is 12.1 Å². The number of hydrogen-bond acceptors (Lipinski definition) is 4. The van der Waals surface area contributed by atoms with Crippen LogP contribution in [0.25, 0.3) is 0 Å². The van der Waals surface area contributed by atoms with Crippen molar-refractivity contribution in [3.05, 3.63) is 57.9 Å². The van der Waals surface area contributed by atoms with Crippen LogP contribution >= 0.6 is 0 Å². The Balaban J connectivity index is 2.36. The van der Waals surface area contributed by atoms with Crippen LogP contribution in [0.1, 0.15) is 0 Å². The van der Waals surface area contributed by atoms with E-state index in [2.05, 4.69) is 5.32 Å². The molecule has 0 heterocycles. The van der Waals surface area contributed by atoms with Crippen LogP contribution in [0, 0.1) is 27.6 Å². The van der Waals surface area contributed by atoms with Gasteiger partial charge >= 0.3 is 0 Å². The van der Waals surface area contributed by atoms with Crippen molar-refractivity contribution in [2.24, 2.45) is 0 Å². The minimum absolute atomic E-state index is 0.0247. The second kappa shape index (κ2) is 5.08. The van der Waals surface area contributed by atoms with Crippen molar-refractivity contribution in [1.82, 2.24) is 0 Å². The third-order valence-electron chi connectivity index (χ3n) is 2.55. The molecule has 3 N–H and O–H groups in total. The van der Waals surface area contributed by atoms with E-state index in [4.69, 9.17) is 5.73 Å². The molecule has 5 nitrogen and oxygen atoms in total. The van der Waals surface area contributed by atoms with Crippen LogP contribution in [-0.4, -0.2) is 4.92 Å². The first-order chi connectivity index (χ1) is 9.40. The molecule has 2 rings (SSSR count). The summed E-state index contributed by atoms with van der Waals surface area (Å²) in [7, 11) is 0. The summed E-state index contributed by atoms with van der Waals surface area (Å²) in [6, 6.07) is 5.21. The predicted molar refractivity (Wildman–Crippen MR) is 67.1 cm³/mol. The van der Waals surface area contributed by atoms with Crippen LogP contribution in [-0.2, 0) is 0 Å². The molecule has 0 aromatic heterocycles. The van der Waals surface area contributed by atoms with E-state index in [1.54, 1.807) is 0 Å². The minimum Gasteiger partial charge on any atom is -0.397 e. The minimum atomic E-state index is -1.62. The van der Waals surface area contributed by atoms with Gasteiger partial charge in [0.05, 0.1) is 22.0 Å². The number of anilines is 3. The van der Waals surface area contributed by atoms with E-state index in [0.717, 1.165) is 24.3 Å². The zero-order valence-corrected chi connectivity index (χ0v) is 9.86. The Bertz CT molecular complexity index is 692. The largest absolute Gasteiger partial charge is 0.397 e. The van der Waals surface area contributed by atoms with Crippen molar-refractivity contribution in [2.75, 3.05) is 11.1 Å². The lowest BCUT2D eigenvalue weighted by atomic mass is 10.2. The molecule has 0 aliphatic heterocycles. The highest BCUT2D eigenvalue weighted by atomic mass is 19.2. The van der Waals surface area contributed by atoms with Gasteiger partial charge in [-0.3, -0.25) is 10.1 Å². The number of benzene rings is 2. The van der Waals surface area contributed by atoms with Crippen LogP contribution in [0.3, 0.4) is 0 Å². The van der Waals surface area contributed by atoms with Gasteiger partial charge in [-0.1, -0.05) is 0 Å². The van der Waals surface area contributed by atoms with Crippen LogP contribution < -0.4 is 11.1 Å². The summed E-state index contributed by atoms with van der Waals surface area (Å²) in [4.78, 5) is 9.90. The van der Waals surface area contributed by atoms with Gasteiger partial charge in [0.15, 0.2) is 17.5 Å². The molecule has 20 heavy (non-hydrogen) atoms. The maximum absolute atomic E-state index is 13.5. The lowest BCUT2D eigenvalue weighted by molar-refractivity contribution is -0.384. The molecule has 0 aliphatic carbocycles. The lowest BCUT2D eigenvalue weighted by Crippen LogP contribution is -2.02. The fourth-order valence-electron chi connectivity index (χ4n) is 1.55. The Morgan fingerprint density at radius 1 is 1.05 bits per heavy atom. The third kappa shape index (κ3) is 2.48. The Morgan fingerprint density at radius 2 is 1.70 bits per heavy atom. The molecule has 0 unspecified atom stereocenters. The number of nitrogens with two attached hydrogens (primary N) is 1. The van der Waals surface area contributed by atoms with Crippen molar-refractivity contribution >= 4 is 22.7 Å². The smallest absolute Gasteiger partial charge is 0.271 e. The number of nitrogens with zero attached hydrogens (tertiary/aromatic N) is 1. The number of nitro benzene ring substituents is 1. The van der Waals surface area contributed by atoms with E-state index >= 15 is 0 Å². The molecule has 8 heteroatoms. The van der Waals surface area contributed by atoms with E-state index in [1.165, 1.54) is 6.07 Å². The van der Waals surface area contributed by atoms with Crippen molar-refractivity contribution < 1.29 is 18.1 Å². The van der Waals surface area contributed by atoms with Gasteiger partial charge in [0.2, 0.25) is 0 Å². The van der Waals surface area contributed by atoms with Gasteiger partial charge in [0.25, 0.3) is 5.69 Å². The zero-order valence-electron chi connectivity index (χ0n) is 9.86. The number of halogens is 3. The SMILES string of the molecule is Nc1cc([N+](=O)[O-])ccc1Nc1ccc(F)c(F)c1F. The fraction of sp³-hybridized carbons (Fsp3) is 0. The molecule has 0 saturated carbocycles. The fourth-order valence-corrected chi connectivity index (χ4v) is 1.55. The van der Waals surface area contributed by atoms with E-state index in [-0.39, 0.29) is 22.7 Å². The number of hydrogen-bond donors (Lipinski definition) is 2. The topological polar surface area (TPSA) is 81.2 Å². The van der Waals surface area contributed by atoms with Gasteiger partial charge in [-0.15, -0.1) is 0 Å². The van der Waals surface area contributed by atoms with E-state index in [0.29, 0.717) is 0 Å². The van der Waals surface area contributed by atoms with Gasteiger partial charge in [-0.05, 0) is 18.2 Å².